The number of urea groups is 1. The van der Waals surface area contributed by atoms with Gasteiger partial charge in [-0.25, -0.2) is 9.86 Å². The van der Waals surface area contributed by atoms with Gasteiger partial charge in [-0.3, -0.25) is 5.21 Å². The van der Waals surface area contributed by atoms with Gasteiger partial charge >= 0.3 is 6.03 Å². The normalized spacial score (nSPS) is 12.5. The molecule has 5 nitrogen and oxygen atoms in total. The van der Waals surface area contributed by atoms with E-state index in [1.807, 2.05) is 0 Å². The number of hydroxylamine groups is 2. The van der Waals surface area contributed by atoms with E-state index in [0.29, 0.717) is 17.2 Å². The van der Waals surface area contributed by atoms with Gasteiger partial charge in [-0.05, 0) is 19.1 Å². The highest BCUT2D eigenvalue weighted by atomic mass is 16.5. The van der Waals surface area contributed by atoms with E-state index in [2.05, 4.69) is 0 Å². The summed E-state index contributed by atoms with van der Waals surface area (Å²) in [5.74, 6) is 0.702. The maximum Gasteiger partial charge on any atom is 0.338 e. The predicted octanol–water partition coefficient (Wildman–Crippen LogP) is 0.981. The van der Waals surface area contributed by atoms with Crippen molar-refractivity contribution < 1.29 is 14.4 Å². The number of primary amides is 1. The van der Waals surface area contributed by atoms with E-state index < -0.39 is 6.03 Å². The maximum atomic E-state index is 10.5. The number of carbonyl (C=O) groups is 1. The van der Waals surface area contributed by atoms with Crippen LogP contribution in [0.4, 0.5) is 4.79 Å². The molecule has 1 rings (SSSR count). The van der Waals surface area contributed by atoms with Crippen molar-refractivity contribution in [2.24, 2.45) is 5.73 Å². The summed E-state index contributed by atoms with van der Waals surface area (Å²) in [5, 5.41) is 9.60. The van der Waals surface area contributed by atoms with Gasteiger partial charge < -0.3 is 10.2 Å². The molecule has 0 aliphatic carbocycles. The largest absolute Gasteiger partial charge is 0.469 e. The second kappa shape index (κ2) is 3.95. The Balaban J connectivity index is 2.50. The molecule has 13 heavy (non-hydrogen) atoms. The number of rotatable bonds is 3. The van der Waals surface area contributed by atoms with Gasteiger partial charge in [0.25, 0.3) is 0 Å². The van der Waals surface area contributed by atoms with E-state index >= 15 is 0 Å². The summed E-state index contributed by atoms with van der Waals surface area (Å²) < 4.78 is 5.04. The molecule has 1 aromatic rings. The quantitative estimate of drug-likeness (QED) is 0.542. The van der Waals surface area contributed by atoms with Crippen LogP contribution in [-0.2, 0) is 6.42 Å². The van der Waals surface area contributed by atoms with Crippen LogP contribution in [0, 0.1) is 0 Å². The Kier molecular flexibility index (Phi) is 2.92. The minimum Gasteiger partial charge on any atom is -0.469 e. The molecule has 0 aromatic carbocycles. The van der Waals surface area contributed by atoms with Crippen LogP contribution < -0.4 is 5.73 Å². The predicted molar refractivity (Wildman–Crippen MR) is 45.1 cm³/mol. The topological polar surface area (TPSA) is 79.7 Å². The van der Waals surface area contributed by atoms with E-state index in [0.717, 1.165) is 0 Å². The van der Waals surface area contributed by atoms with Crippen LogP contribution in [0.15, 0.2) is 22.8 Å². The average Bonchev–Trinajstić information content (AvgIpc) is 2.55. The summed E-state index contributed by atoms with van der Waals surface area (Å²) in [7, 11) is 0. The first-order valence-electron chi connectivity index (χ1n) is 3.91. The minimum atomic E-state index is -0.862. The summed E-state index contributed by atoms with van der Waals surface area (Å²) in [6, 6.07) is 2.27. The van der Waals surface area contributed by atoms with Crippen molar-refractivity contribution >= 4 is 6.03 Å². The fraction of sp³-hybridized carbons (Fsp3) is 0.375. The van der Waals surface area contributed by atoms with E-state index in [1.54, 1.807) is 19.1 Å². The van der Waals surface area contributed by atoms with E-state index in [-0.39, 0.29) is 6.04 Å². The summed E-state index contributed by atoms with van der Waals surface area (Å²) in [6.45, 7) is 1.67. The summed E-state index contributed by atoms with van der Waals surface area (Å²) in [5.41, 5.74) is 4.87. The molecule has 1 atom stereocenters. The second-order valence-electron chi connectivity index (χ2n) is 2.82. The molecule has 1 heterocycles. The third-order valence-electron chi connectivity index (χ3n) is 1.72. The van der Waals surface area contributed by atoms with Crippen LogP contribution in [0.3, 0.4) is 0 Å². The fourth-order valence-corrected chi connectivity index (χ4v) is 1.02. The SMILES string of the molecule is CC(Cc1ccco1)N(O)C(N)=O. The molecule has 0 aliphatic rings. The average molecular weight is 184 g/mol. The molecule has 72 valence electrons. The zero-order chi connectivity index (χ0) is 9.84. The molecule has 3 N–H and O–H groups in total. The third-order valence-corrected chi connectivity index (χ3v) is 1.72. The standard InChI is InChI=1S/C8H12N2O3/c1-6(10(12)8(9)11)5-7-3-2-4-13-7/h2-4,6,12H,5H2,1H3,(H2,9,11). The summed E-state index contributed by atoms with van der Waals surface area (Å²) >= 11 is 0. The van der Waals surface area contributed by atoms with Gasteiger partial charge in [0.2, 0.25) is 0 Å². The van der Waals surface area contributed by atoms with Gasteiger partial charge in [0.05, 0.1) is 12.3 Å². The molecule has 0 fully saturated rings. The Morgan fingerprint density at radius 2 is 2.54 bits per heavy atom. The molecule has 0 saturated carbocycles. The lowest BCUT2D eigenvalue weighted by Crippen LogP contribution is -2.40. The van der Waals surface area contributed by atoms with Crippen molar-refractivity contribution in [2.75, 3.05) is 0 Å². The van der Waals surface area contributed by atoms with Crippen LogP contribution in [0.5, 0.6) is 0 Å². The highest BCUT2D eigenvalue weighted by molar-refractivity contribution is 5.70. The van der Waals surface area contributed by atoms with Crippen LogP contribution in [0.1, 0.15) is 12.7 Å². The minimum absolute atomic E-state index is 0.386. The molecule has 0 bridgehead atoms. The van der Waals surface area contributed by atoms with Crippen LogP contribution in [-0.4, -0.2) is 22.3 Å². The van der Waals surface area contributed by atoms with Crippen molar-refractivity contribution in [1.82, 2.24) is 5.06 Å². The highest BCUT2D eigenvalue weighted by Gasteiger charge is 2.16. The van der Waals surface area contributed by atoms with Crippen LogP contribution in [0.25, 0.3) is 0 Å². The molecule has 5 heteroatoms. The first kappa shape index (κ1) is 9.60. The molecule has 1 unspecified atom stereocenters. The Morgan fingerprint density at radius 3 is 3.00 bits per heavy atom. The molecular weight excluding hydrogens is 172 g/mol. The van der Waals surface area contributed by atoms with Gasteiger partial charge in [-0.15, -0.1) is 0 Å². The van der Waals surface area contributed by atoms with Gasteiger partial charge in [0.1, 0.15) is 5.76 Å². The summed E-state index contributed by atoms with van der Waals surface area (Å²) in [4.78, 5) is 10.5. The Morgan fingerprint density at radius 1 is 1.85 bits per heavy atom. The summed E-state index contributed by atoms with van der Waals surface area (Å²) in [6.07, 6.45) is 1.97. The Bertz CT molecular complexity index is 271. The molecule has 0 radical (unpaired) electrons. The number of hydrogen-bond acceptors (Lipinski definition) is 3. The maximum absolute atomic E-state index is 10.5. The lowest BCUT2D eigenvalue weighted by atomic mass is 10.2. The first-order chi connectivity index (χ1) is 6.11. The fourth-order valence-electron chi connectivity index (χ4n) is 1.02. The van der Waals surface area contributed by atoms with Crippen molar-refractivity contribution in [3.8, 4) is 0 Å². The van der Waals surface area contributed by atoms with E-state index in [9.17, 15) is 4.79 Å². The van der Waals surface area contributed by atoms with Crippen molar-refractivity contribution in [3.63, 3.8) is 0 Å². The zero-order valence-electron chi connectivity index (χ0n) is 7.30. The zero-order valence-corrected chi connectivity index (χ0v) is 7.30. The van der Waals surface area contributed by atoms with Crippen molar-refractivity contribution in [3.05, 3.63) is 24.2 Å². The van der Waals surface area contributed by atoms with Gasteiger partial charge in [-0.1, -0.05) is 0 Å². The number of amides is 2. The van der Waals surface area contributed by atoms with Crippen LogP contribution in [0.2, 0.25) is 0 Å². The van der Waals surface area contributed by atoms with Gasteiger partial charge in [-0.2, -0.15) is 0 Å². The van der Waals surface area contributed by atoms with Gasteiger partial charge in [0.15, 0.2) is 0 Å². The molecule has 0 saturated heterocycles. The molecule has 1 aromatic heterocycles. The van der Waals surface area contributed by atoms with Crippen LogP contribution >= 0.6 is 0 Å². The smallest absolute Gasteiger partial charge is 0.338 e. The number of nitrogens with zero attached hydrogens (tertiary/aromatic N) is 1. The third kappa shape index (κ3) is 2.48. The van der Waals surface area contributed by atoms with E-state index in [4.69, 9.17) is 15.4 Å². The number of carbonyl (C=O) groups excluding carboxylic acids is 1. The molecule has 2 amide bonds. The highest BCUT2D eigenvalue weighted by Crippen LogP contribution is 2.07. The second-order valence-corrected chi connectivity index (χ2v) is 2.82. The van der Waals surface area contributed by atoms with Gasteiger partial charge in [0, 0.05) is 6.42 Å². The lowest BCUT2D eigenvalue weighted by Gasteiger charge is -2.19. The van der Waals surface area contributed by atoms with E-state index in [1.165, 1.54) is 6.26 Å². The monoisotopic (exact) mass is 184 g/mol. The number of nitrogens with two attached hydrogens (primary N) is 1. The molecule has 0 spiro atoms. The molecular formula is C8H12N2O3. The first-order valence-corrected chi connectivity index (χ1v) is 3.91. The molecule has 0 aliphatic heterocycles. The number of furan rings is 1. The van der Waals surface area contributed by atoms with Crippen molar-refractivity contribution in [1.29, 1.82) is 0 Å². The lowest BCUT2D eigenvalue weighted by molar-refractivity contribution is -0.0702. The Labute approximate surface area is 75.7 Å². The van der Waals surface area contributed by atoms with Crippen molar-refractivity contribution in [2.45, 2.75) is 19.4 Å². The Hall–Kier alpha value is -1.49. The number of hydrogen-bond donors (Lipinski definition) is 2.